The van der Waals surface area contributed by atoms with E-state index in [9.17, 15) is 8.42 Å². The molecule has 0 bridgehead atoms. The van der Waals surface area contributed by atoms with Gasteiger partial charge < -0.3 is 0 Å². The van der Waals surface area contributed by atoms with Crippen LogP contribution in [-0.2, 0) is 10.9 Å². The van der Waals surface area contributed by atoms with Gasteiger partial charge in [-0.1, -0.05) is 10.6 Å². The molecular formula is C7H8NO2S+. The van der Waals surface area contributed by atoms with Crippen LogP contribution in [0.15, 0.2) is 31.0 Å². The monoisotopic (exact) mass is 170 g/mol. The minimum atomic E-state index is -2.58. The van der Waals surface area contributed by atoms with Gasteiger partial charge in [-0.05, 0) is 6.07 Å². The van der Waals surface area contributed by atoms with Crippen LogP contribution in [0.5, 0.6) is 0 Å². The fraction of sp³-hybridized carbons (Fsp3) is 0. The summed E-state index contributed by atoms with van der Waals surface area (Å²) in [5.74, 6) is 0. The summed E-state index contributed by atoms with van der Waals surface area (Å²) in [7, 11) is -2.58. The maximum Gasteiger partial charge on any atom is 0.360 e. The molecule has 0 aliphatic rings. The highest BCUT2D eigenvalue weighted by Gasteiger charge is 2.05. The van der Waals surface area contributed by atoms with E-state index in [0.717, 1.165) is 3.97 Å². The van der Waals surface area contributed by atoms with Crippen molar-refractivity contribution in [3.05, 3.63) is 36.7 Å². The molecule has 0 aliphatic heterocycles. The molecular weight excluding hydrogens is 162 g/mol. The largest absolute Gasteiger partial charge is 0.360 e. The molecule has 0 aliphatic carbocycles. The first kappa shape index (κ1) is 7.94. The molecule has 0 fully saturated rings. The fourth-order valence-corrected chi connectivity index (χ4v) is 1.28. The SMILES string of the molecule is C=Cc1cccc[n+]1[SH](=O)=O. The van der Waals surface area contributed by atoms with Gasteiger partial charge in [-0.15, -0.1) is 0 Å². The number of rotatable bonds is 2. The summed E-state index contributed by atoms with van der Waals surface area (Å²) in [5.41, 5.74) is 0.573. The van der Waals surface area contributed by atoms with Crippen molar-refractivity contribution in [1.82, 2.24) is 0 Å². The van der Waals surface area contributed by atoms with Crippen LogP contribution in [0.25, 0.3) is 6.08 Å². The fourth-order valence-electron chi connectivity index (χ4n) is 0.758. The Kier molecular flexibility index (Phi) is 2.38. The summed E-state index contributed by atoms with van der Waals surface area (Å²) >= 11 is 0. The van der Waals surface area contributed by atoms with E-state index in [1.807, 2.05) is 0 Å². The van der Waals surface area contributed by atoms with Crippen molar-refractivity contribution in [3.63, 3.8) is 0 Å². The molecule has 0 radical (unpaired) electrons. The van der Waals surface area contributed by atoms with E-state index in [1.54, 1.807) is 18.2 Å². The second-order valence-corrected chi connectivity index (χ2v) is 2.82. The molecule has 1 aromatic heterocycles. The van der Waals surface area contributed by atoms with Gasteiger partial charge in [0.2, 0.25) is 5.69 Å². The summed E-state index contributed by atoms with van der Waals surface area (Å²) < 4.78 is 22.2. The molecule has 4 heteroatoms. The molecule has 3 nitrogen and oxygen atoms in total. The van der Waals surface area contributed by atoms with Gasteiger partial charge in [0, 0.05) is 18.2 Å². The summed E-state index contributed by atoms with van der Waals surface area (Å²) in [6.07, 6.45) is 2.97. The lowest BCUT2D eigenvalue weighted by atomic mass is 10.3. The predicted molar refractivity (Wildman–Crippen MR) is 42.4 cm³/mol. The minimum absolute atomic E-state index is 0.573. The number of hydrogen-bond acceptors (Lipinski definition) is 2. The molecule has 0 amide bonds. The predicted octanol–water partition coefficient (Wildman–Crippen LogP) is -0.00840. The highest BCUT2D eigenvalue weighted by molar-refractivity contribution is 7.65. The van der Waals surface area contributed by atoms with E-state index < -0.39 is 10.9 Å². The normalized spacial score (nSPS) is 9.91. The Labute approximate surface area is 66.7 Å². The van der Waals surface area contributed by atoms with Crippen molar-refractivity contribution >= 4 is 17.0 Å². The molecule has 0 atom stereocenters. The molecule has 58 valence electrons. The third-order valence-electron chi connectivity index (χ3n) is 1.25. The summed E-state index contributed by atoms with van der Waals surface area (Å²) in [4.78, 5) is 0. The molecule has 0 saturated heterocycles. The Morgan fingerprint density at radius 3 is 2.64 bits per heavy atom. The van der Waals surface area contributed by atoms with Crippen LogP contribution in [0.2, 0.25) is 0 Å². The molecule has 0 unspecified atom stereocenters. The zero-order chi connectivity index (χ0) is 8.27. The van der Waals surface area contributed by atoms with Crippen LogP contribution in [-0.4, -0.2) is 8.42 Å². The van der Waals surface area contributed by atoms with Crippen molar-refractivity contribution < 1.29 is 12.4 Å². The molecule has 1 rings (SSSR count). The van der Waals surface area contributed by atoms with Gasteiger partial charge in [-0.3, -0.25) is 0 Å². The number of pyridine rings is 1. The van der Waals surface area contributed by atoms with Crippen LogP contribution in [0.4, 0.5) is 0 Å². The van der Waals surface area contributed by atoms with Gasteiger partial charge in [0.25, 0.3) is 0 Å². The molecule has 0 aromatic carbocycles. The van der Waals surface area contributed by atoms with E-state index in [2.05, 4.69) is 6.58 Å². The van der Waals surface area contributed by atoms with E-state index in [4.69, 9.17) is 0 Å². The third-order valence-corrected chi connectivity index (χ3v) is 1.97. The van der Waals surface area contributed by atoms with E-state index in [1.165, 1.54) is 12.3 Å². The Balaban J connectivity index is 3.34. The Morgan fingerprint density at radius 1 is 1.45 bits per heavy atom. The lowest BCUT2D eigenvalue weighted by Gasteiger charge is -1.87. The number of hydrogen-bond donors (Lipinski definition) is 1. The molecule has 0 saturated carbocycles. The van der Waals surface area contributed by atoms with Crippen LogP contribution >= 0.6 is 0 Å². The lowest BCUT2D eigenvalue weighted by Crippen LogP contribution is -2.35. The Hall–Kier alpha value is -1.16. The third kappa shape index (κ3) is 1.65. The molecule has 0 spiro atoms. The Bertz CT molecular complexity index is 336. The quantitative estimate of drug-likeness (QED) is 0.501. The summed E-state index contributed by atoms with van der Waals surface area (Å²) in [6.45, 7) is 3.49. The minimum Gasteiger partial charge on any atom is -0.166 e. The first-order valence-electron chi connectivity index (χ1n) is 3.03. The van der Waals surface area contributed by atoms with Crippen molar-refractivity contribution in [2.45, 2.75) is 0 Å². The average molecular weight is 170 g/mol. The van der Waals surface area contributed by atoms with Gasteiger partial charge >= 0.3 is 10.9 Å². The molecule has 1 heterocycles. The maximum atomic E-state index is 10.5. The van der Waals surface area contributed by atoms with Crippen molar-refractivity contribution in [3.8, 4) is 0 Å². The van der Waals surface area contributed by atoms with E-state index in [0.29, 0.717) is 5.69 Å². The summed E-state index contributed by atoms with van der Waals surface area (Å²) in [5, 5.41) is 0. The summed E-state index contributed by atoms with van der Waals surface area (Å²) in [6, 6.07) is 5.09. The average Bonchev–Trinajstić information content (AvgIpc) is 2.04. The molecule has 1 aromatic rings. The zero-order valence-electron chi connectivity index (χ0n) is 5.80. The van der Waals surface area contributed by atoms with Gasteiger partial charge in [-0.25, -0.2) is 0 Å². The highest BCUT2D eigenvalue weighted by Crippen LogP contribution is 1.91. The van der Waals surface area contributed by atoms with Gasteiger partial charge in [0.1, 0.15) is 0 Å². The molecule has 11 heavy (non-hydrogen) atoms. The van der Waals surface area contributed by atoms with E-state index in [-0.39, 0.29) is 0 Å². The van der Waals surface area contributed by atoms with E-state index >= 15 is 0 Å². The highest BCUT2D eigenvalue weighted by atomic mass is 32.2. The number of nitrogens with zero attached hydrogens (tertiary/aromatic N) is 1. The maximum absolute atomic E-state index is 10.5. The first-order chi connectivity index (χ1) is 5.25. The number of thiol groups is 1. The van der Waals surface area contributed by atoms with Crippen molar-refractivity contribution in [2.24, 2.45) is 0 Å². The zero-order valence-corrected chi connectivity index (χ0v) is 6.70. The smallest absolute Gasteiger partial charge is 0.166 e. The van der Waals surface area contributed by atoms with Crippen LogP contribution in [0, 0.1) is 0 Å². The van der Waals surface area contributed by atoms with Gasteiger partial charge in [0.15, 0.2) is 6.20 Å². The number of aromatic nitrogens is 1. The van der Waals surface area contributed by atoms with Gasteiger partial charge in [0.05, 0.1) is 0 Å². The second-order valence-electron chi connectivity index (χ2n) is 1.91. The first-order valence-corrected chi connectivity index (χ1v) is 4.16. The lowest BCUT2D eigenvalue weighted by molar-refractivity contribution is -0.507. The van der Waals surface area contributed by atoms with Crippen LogP contribution in [0.1, 0.15) is 5.69 Å². The Morgan fingerprint density at radius 2 is 2.18 bits per heavy atom. The standard InChI is InChI=1S/C7H8NO2S/c1-2-7-5-3-4-6-8(7)11(9)10/h2-6,11H,1H2/q+1. The van der Waals surface area contributed by atoms with Crippen LogP contribution in [0.3, 0.4) is 0 Å². The van der Waals surface area contributed by atoms with Crippen LogP contribution < -0.4 is 3.97 Å². The van der Waals surface area contributed by atoms with Gasteiger partial charge in [-0.2, -0.15) is 8.42 Å². The topological polar surface area (TPSA) is 38.0 Å². The second kappa shape index (κ2) is 3.30. The van der Waals surface area contributed by atoms with Crippen molar-refractivity contribution in [2.75, 3.05) is 0 Å². The van der Waals surface area contributed by atoms with Crippen molar-refractivity contribution in [1.29, 1.82) is 0 Å². The molecule has 0 N–H and O–H groups in total.